The second kappa shape index (κ2) is 6.20. The Hall–Kier alpha value is -2.48. The van der Waals surface area contributed by atoms with Crippen LogP contribution in [0.1, 0.15) is 27.9 Å². The van der Waals surface area contributed by atoms with Gasteiger partial charge >= 0.3 is 12.0 Å². The van der Waals surface area contributed by atoms with Gasteiger partial charge in [-0.3, -0.25) is 4.90 Å². The highest BCUT2D eigenvalue weighted by molar-refractivity contribution is 7.17. The van der Waals surface area contributed by atoms with Crippen LogP contribution in [0.3, 0.4) is 0 Å². The molecule has 0 radical (unpaired) electrons. The first kappa shape index (κ1) is 16.4. The number of halogens is 1. The molecule has 1 saturated heterocycles. The van der Waals surface area contributed by atoms with Gasteiger partial charge in [-0.05, 0) is 31.5 Å². The summed E-state index contributed by atoms with van der Waals surface area (Å²) in [7, 11) is 0. The summed E-state index contributed by atoms with van der Waals surface area (Å²) < 4.78 is 13.0. The molecule has 1 aromatic heterocycles. The van der Waals surface area contributed by atoms with Gasteiger partial charge in [-0.25, -0.2) is 19.0 Å². The normalized spacial score (nSPS) is 17.6. The van der Waals surface area contributed by atoms with E-state index in [1.807, 2.05) is 6.92 Å². The van der Waals surface area contributed by atoms with Crippen LogP contribution in [0, 0.1) is 12.7 Å². The van der Waals surface area contributed by atoms with E-state index in [-0.39, 0.29) is 22.8 Å². The molecule has 0 saturated carbocycles. The zero-order chi connectivity index (χ0) is 17.4. The van der Waals surface area contributed by atoms with E-state index in [1.54, 1.807) is 24.0 Å². The molecule has 1 aliphatic rings. The molecule has 8 heteroatoms. The van der Waals surface area contributed by atoms with E-state index in [0.717, 1.165) is 16.9 Å². The van der Waals surface area contributed by atoms with Crippen LogP contribution in [-0.4, -0.2) is 39.6 Å². The number of rotatable bonds is 4. The zero-order valence-corrected chi connectivity index (χ0v) is 14.0. The molecule has 2 heterocycles. The fourth-order valence-electron chi connectivity index (χ4n) is 2.72. The number of carbonyl (C=O) groups excluding carboxylic acids is 1. The molecule has 3 rings (SSSR count). The lowest BCUT2D eigenvalue weighted by Gasteiger charge is -2.17. The summed E-state index contributed by atoms with van der Waals surface area (Å²) in [5, 5.41) is 9.54. The van der Waals surface area contributed by atoms with Gasteiger partial charge in [-0.1, -0.05) is 23.5 Å². The molecule has 1 unspecified atom stereocenters. The number of carboxylic acid groups (broad SMARTS) is 1. The van der Waals surface area contributed by atoms with Crippen LogP contribution >= 0.6 is 11.3 Å². The number of hydrogen-bond acceptors (Lipinski definition) is 4. The number of urea groups is 1. The number of carbonyl (C=O) groups is 2. The Bertz CT molecular complexity index is 790. The molecule has 1 atom stereocenters. The van der Waals surface area contributed by atoms with Crippen molar-refractivity contribution in [1.82, 2.24) is 9.88 Å². The van der Waals surface area contributed by atoms with Crippen molar-refractivity contribution >= 4 is 28.5 Å². The maximum absolute atomic E-state index is 13.0. The van der Waals surface area contributed by atoms with Crippen molar-refractivity contribution in [2.24, 2.45) is 0 Å². The Morgan fingerprint density at radius 1 is 1.42 bits per heavy atom. The quantitative estimate of drug-likeness (QED) is 0.920. The second-order valence-electron chi connectivity index (χ2n) is 5.72. The second-order valence-corrected chi connectivity index (χ2v) is 6.70. The van der Waals surface area contributed by atoms with Crippen molar-refractivity contribution in [2.75, 3.05) is 11.4 Å². The van der Waals surface area contributed by atoms with Crippen LogP contribution in [0.15, 0.2) is 24.3 Å². The van der Waals surface area contributed by atoms with Crippen LogP contribution in [-0.2, 0) is 6.54 Å². The SMILES string of the molecule is Cc1nc(N2C(=O)N(Cc3ccc(F)cc3)CC2C)sc1C(=O)O. The standard InChI is InChI=1S/C16H16FN3O3S/c1-9-7-19(8-11-3-5-12(17)6-4-11)16(23)20(9)15-18-10(2)13(24-15)14(21)22/h3-6,9H,7-8H2,1-2H3,(H,21,22). The molecule has 1 N–H and O–H groups in total. The maximum atomic E-state index is 13.0. The number of anilines is 1. The van der Waals surface area contributed by atoms with Crippen LogP contribution in [0.25, 0.3) is 0 Å². The van der Waals surface area contributed by atoms with Crippen LogP contribution in [0.4, 0.5) is 14.3 Å². The Morgan fingerprint density at radius 3 is 2.67 bits per heavy atom. The molecule has 2 amide bonds. The molecule has 6 nitrogen and oxygen atoms in total. The average Bonchev–Trinajstić information content (AvgIpc) is 3.02. The minimum atomic E-state index is -1.04. The highest BCUT2D eigenvalue weighted by Gasteiger charge is 2.37. The fourth-order valence-corrected chi connectivity index (χ4v) is 3.72. The van der Waals surface area contributed by atoms with Gasteiger partial charge in [-0.15, -0.1) is 0 Å². The van der Waals surface area contributed by atoms with Gasteiger partial charge in [0.2, 0.25) is 0 Å². The summed E-state index contributed by atoms with van der Waals surface area (Å²) in [6, 6.07) is 5.67. The summed E-state index contributed by atoms with van der Waals surface area (Å²) in [5.74, 6) is -1.36. The largest absolute Gasteiger partial charge is 0.477 e. The van der Waals surface area contributed by atoms with E-state index in [2.05, 4.69) is 4.98 Å². The van der Waals surface area contributed by atoms with E-state index in [9.17, 15) is 14.0 Å². The number of aromatic carboxylic acids is 1. The van der Waals surface area contributed by atoms with Crippen molar-refractivity contribution in [2.45, 2.75) is 26.4 Å². The number of carboxylic acids is 1. The molecule has 1 aromatic carbocycles. The minimum absolute atomic E-state index is 0.120. The van der Waals surface area contributed by atoms with E-state index < -0.39 is 5.97 Å². The van der Waals surface area contributed by atoms with Crippen molar-refractivity contribution in [3.05, 3.63) is 46.2 Å². The fraction of sp³-hybridized carbons (Fsp3) is 0.312. The molecule has 126 valence electrons. The molecule has 0 spiro atoms. The monoisotopic (exact) mass is 349 g/mol. The number of thiazole rings is 1. The van der Waals surface area contributed by atoms with Crippen molar-refractivity contribution in [3.63, 3.8) is 0 Å². The Kier molecular flexibility index (Phi) is 4.23. The van der Waals surface area contributed by atoms with Gasteiger partial charge in [0.15, 0.2) is 5.13 Å². The smallest absolute Gasteiger partial charge is 0.347 e. The Morgan fingerprint density at radius 2 is 2.08 bits per heavy atom. The third-order valence-corrected chi connectivity index (χ3v) is 5.02. The van der Waals surface area contributed by atoms with Crippen LogP contribution < -0.4 is 4.90 Å². The number of hydrogen-bond donors (Lipinski definition) is 1. The Labute approximate surface area is 142 Å². The number of aryl methyl sites for hydroxylation is 1. The third-order valence-electron chi connectivity index (χ3n) is 3.87. The first-order valence-electron chi connectivity index (χ1n) is 7.40. The summed E-state index contributed by atoms with van der Waals surface area (Å²) in [5.41, 5.74) is 1.24. The topological polar surface area (TPSA) is 73.7 Å². The molecule has 0 bridgehead atoms. The molecule has 2 aromatic rings. The number of aromatic nitrogens is 1. The maximum Gasteiger partial charge on any atom is 0.347 e. The van der Waals surface area contributed by atoms with E-state index >= 15 is 0 Å². The predicted octanol–water partition coefficient (Wildman–Crippen LogP) is 3.12. The van der Waals surface area contributed by atoms with Crippen molar-refractivity contribution < 1.29 is 19.1 Å². The lowest BCUT2D eigenvalue weighted by atomic mass is 10.2. The van der Waals surface area contributed by atoms with Gasteiger partial charge in [0.1, 0.15) is 10.7 Å². The minimum Gasteiger partial charge on any atom is -0.477 e. The van der Waals surface area contributed by atoms with Crippen LogP contribution in [0.5, 0.6) is 0 Å². The molecule has 1 fully saturated rings. The summed E-state index contributed by atoms with van der Waals surface area (Å²) in [6.07, 6.45) is 0. The first-order valence-corrected chi connectivity index (χ1v) is 8.21. The highest BCUT2D eigenvalue weighted by atomic mass is 32.1. The van der Waals surface area contributed by atoms with Gasteiger partial charge in [0.25, 0.3) is 0 Å². The molecular formula is C16H16FN3O3S. The van der Waals surface area contributed by atoms with Gasteiger partial charge < -0.3 is 10.0 Å². The summed E-state index contributed by atoms with van der Waals surface area (Å²) >= 11 is 1.00. The molecule has 0 aliphatic carbocycles. The summed E-state index contributed by atoms with van der Waals surface area (Å²) in [6.45, 7) is 4.37. The van der Waals surface area contributed by atoms with E-state index in [1.165, 1.54) is 17.0 Å². The Balaban J connectivity index is 1.81. The first-order chi connectivity index (χ1) is 11.4. The highest BCUT2D eigenvalue weighted by Crippen LogP contribution is 2.31. The van der Waals surface area contributed by atoms with Gasteiger partial charge in [0.05, 0.1) is 11.7 Å². The average molecular weight is 349 g/mol. The molecule has 24 heavy (non-hydrogen) atoms. The van der Waals surface area contributed by atoms with Crippen molar-refractivity contribution in [1.29, 1.82) is 0 Å². The lowest BCUT2D eigenvalue weighted by Crippen LogP contribution is -2.33. The lowest BCUT2D eigenvalue weighted by molar-refractivity contribution is 0.0701. The third kappa shape index (κ3) is 2.96. The van der Waals surface area contributed by atoms with Crippen LogP contribution in [0.2, 0.25) is 0 Å². The van der Waals surface area contributed by atoms with E-state index in [0.29, 0.717) is 23.9 Å². The number of nitrogens with zero attached hydrogens (tertiary/aromatic N) is 3. The predicted molar refractivity (Wildman–Crippen MR) is 88.0 cm³/mol. The van der Waals surface area contributed by atoms with E-state index in [4.69, 9.17) is 5.11 Å². The number of amides is 2. The zero-order valence-electron chi connectivity index (χ0n) is 13.2. The molecule has 1 aliphatic heterocycles. The summed E-state index contributed by atoms with van der Waals surface area (Å²) in [4.78, 5) is 31.4. The molecular weight excluding hydrogens is 333 g/mol. The number of benzene rings is 1. The van der Waals surface area contributed by atoms with Crippen molar-refractivity contribution in [3.8, 4) is 0 Å². The van der Waals surface area contributed by atoms with Gasteiger partial charge in [0, 0.05) is 13.1 Å². The van der Waals surface area contributed by atoms with Gasteiger partial charge in [-0.2, -0.15) is 0 Å².